The maximum absolute atomic E-state index is 11.2. The number of hydrogen-bond acceptors (Lipinski definition) is 3. The van der Waals surface area contributed by atoms with E-state index in [9.17, 15) is 4.79 Å². The highest BCUT2D eigenvalue weighted by Gasteiger charge is 2.21. The lowest BCUT2D eigenvalue weighted by atomic mass is 10.1. The fourth-order valence-corrected chi connectivity index (χ4v) is 0.559. The van der Waals surface area contributed by atoms with Gasteiger partial charge in [0.15, 0.2) is 0 Å². The van der Waals surface area contributed by atoms with Gasteiger partial charge in [-0.3, -0.25) is 4.79 Å². The molecule has 0 bridgehead atoms. The van der Waals surface area contributed by atoms with E-state index in [2.05, 4.69) is 5.32 Å². The van der Waals surface area contributed by atoms with E-state index in [0.717, 1.165) is 0 Å². The van der Waals surface area contributed by atoms with E-state index in [1.807, 2.05) is 6.92 Å². The second-order valence-electron chi connectivity index (χ2n) is 3.72. The Balaban J connectivity index is 3.73. The number of hydrogen-bond donors (Lipinski definition) is 3. The third-order valence-corrected chi connectivity index (χ3v) is 1.51. The van der Waals surface area contributed by atoms with Gasteiger partial charge in [-0.25, -0.2) is 0 Å². The number of aliphatic hydroxyl groups excluding tert-OH is 1. The van der Waals surface area contributed by atoms with Gasteiger partial charge in [-0.2, -0.15) is 0 Å². The summed E-state index contributed by atoms with van der Waals surface area (Å²) in [6.07, 6.45) is 0. The van der Waals surface area contributed by atoms with E-state index in [1.54, 1.807) is 13.8 Å². The second-order valence-corrected chi connectivity index (χ2v) is 3.72. The van der Waals surface area contributed by atoms with Crippen LogP contribution in [0.4, 0.5) is 0 Å². The predicted molar refractivity (Wildman–Crippen MR) is 47.5 cm³/mol. The van der Waals surface area contributed by atoms with Crippen LogP contribution in [-0.2, 0) is 4.79 Å². The number of carbonyl (C=O) groups is 1. The molecule has 0 fully saturated rings. The Bertz CT molecular complexity index is 152. The van der Waals surface area contributed by atoms with Gasteiger partial charge in [0.2, 0.25) is 5.91 Å². The molecule has 0 aliphatic carbocycles. The molecule has 0 aliphatic heterocycles. The molecule has 0 heterocycles. The van der Waals surface area contributed by atoms with Crippen molar-refractivity contribution >= 4 is 5.91 Å². The summed E-state index contributed by atoms with van der Waals surface area (Å²) in [5.74, 6) is -0.112. The van der Waals surface area contributed by atoms with Crippen LogP contribution in [0, 0.1) is 5.92 Å². The Labute approximate surface area is 73.1 Å². The van der Waals surface area contributed by atoms with Crippen molar-refractivity contribution in [2.45, 2.75) is 26.3 Å². The highest BCUT2D eigenvalue weighted by molar-refractivity contribution is 5.84. The van der Waals surface area contributed by atoms with Crippen LogP contribution in [0.2, 0.25) is 0 Å². The number of rotatable bonds is 4. The Hall–Kier alpha value is -0.610. The zero-order valence-electron chi connectivity index (χ0n) is 7.92. The molecule has 0 saturated heterocycles. The van der Waals surface area contributed by atoms with Gasteiger partial charge >= 0.3 is 0 Å². The largest absolute Gasteiger partial charge is 0.396 e. The van der Waals surface area contributed by atoms with E-state index in [0.29, 0.717) is 6.54 Å². The van der Waals surface area contributed by atoms with Crippen LogP contribution in [0.25, 0.3) is 0 Å². The van der Waals surface area contributed by atoms with E-state index >= 15 is 0 Å². The quantitative estimate of drug-likeness (QED) is 0.536. The van der Waals surface area contributed by atoms with Crippen molar-refractivity contribution in [1.82, 2.24) is 5.32 Å². The van der Waals surface area contributed by atoms with Crippen LogP contribution in [0.3, 0.4) is 0 Å². The number of nitrogens with one attached hydrogen (secondary N) is 1. The molecule has 0 rings (SSSR count). The summed E-state index contributed by atoms with van der Waals surface area (Å²) in [4.78, 5) is 11.2. The molecule has 0 radical (unpaired) electrons. The number of nitrogens with two attached hydrogens (primary N) is 1. The third kappa shape index (κ3) is 4.31. The normalized spacial score (nSPS) is 14.1. The van der Waals surface area contributed by atoms with Crippen LogP contribution < -0.4 is 11.1 Å². The summed E-state index contributed by atoms with van der Waals surface area (Å²) in [5.41, 5.74) is 4.69. The van der Waals surface area contributed by atoms with Gasteiger partial charge in [0, 0.05) is 13.2 Å². The molecule has 4 nitrogen and oxygen atoms in total. The smallest absolute Gasteiger partial charge is 0.239 e. The minimum Gasteiger partial charge on any atom is -0.396 e. The van der Waals surface area contributed by atoms with Crippen LogP contribution in [-0.4, -0.2) is 29.7 Å². The lowest BCUT2D eigenvalue weighted by Crippen LogP contribution is -2.50. The van der Waals surface area contributed by atoms with Gasteiger partial charge in [-0.1, -0.05) is 6.92 Å². The Morgan fingerprint density at radius 1 is 1.67 bits per heavy atom. The third-order valence-electron chi connectivity index (χ3n) is 1.51. The minimum absolute atomic E-state index is 0.0747. The maximum Gasteiger partial charge on any atom is 0.239 e. The zero-order chi connectivity index (χ0) is 9.78. The topological polar surface area (TPSA) is 75.3 Å². The van der Waals surface area contributed by atoms with Gasteiger partial charge < -0.3 is 16.2 Å². The number of carbonyl (C=O) groups excluding carboxylic acids is 1. The minimum atomic E-state index is -0.838. The molecular formula is C8H18N2O2. The van der Waals surface area contributed by atoms with E-state index in [1.165, 1.54) is 0 Å². The van der Waals surface area contributed by atoms with Crippen LogP contribution in [0.1, 0.15) is 20.8 Å². The molecular weight excluding hydrogens is 156 g/mol. The number of aliphatic hydroxyl groups is 1. The van der Waals surface area contributed by atoms with Crippen molar-refractivity contribution in [3.05, 3.63) is 0 Å². The average molecular weight is 174 g/mol. The van der Waals surface area contributed by atoms with Gasteiger partial charge in [0.25, 0.3) is 0 Å². The monoisotopic (exact) mass is 174 g/mol. The standard InChI is InChI=1S/C8H18N2O2/c1-6(5-11)4-10-7(12)8(2,3)9/h6,11H,4-5,9H2,1-3H3,(H,10,12). The van der Waals surface area contributed by atoms with Crippen molar-refractivity contribution in [2.75, 3.05) is 13.2 Å². The molecule has 72 valence electrons. The van der Waals surface area contributed by atoms with Gasteiger partial charge in [0.1, 0.15) is 0 Å². The summed E-state index contributed by atoms with van der Waals surface area (Å²) in [5, 5.41) is 11.3. The first-order chi connectivity index (χ1) is 5.38. The van der Waals surface area contributed by atoms with Crippen molar-refractivity contribution in [1.29, 1.82) is 0 Å². The number of amides is 1. The Morgan fingerprint density at radius 3 is 2.50 bits per heavy atom. The Kier molecular flexibility index (Phi) is 4.20. The molecule has 0 aromatic rings. The van der Waals surface area contributed by atoms with E-state index in [4.69, 9.17) is 10.8 Å². The van der Waals surface area contributed by atoms with Crippen molar-refractivity contribution in [3.8, 4) is 0 Å². The highest BCUT2D eigenvalue weighted by Crippen LogP contribution is 1.96. The average Bonchev–Trinajstić information content (AvgIpc) is 1.97. The highest BCUT2D eigenvalue weighted by atomic mass is 16.3. The molecule has 0 spiro atoms. The summed E-state index contributed by atoms with van der Waals surface area (Å²) in [6.45, 7) is 5.68. The van der Waals surface area contributed by atoms with Crippen molar-refractivity contribution in [3.63, 3.8) is 0 Å². The summed E-state index contributed by atoms with van der Waals surface area (Å²) >= 11 is 0. The summed E-state index contributed by atoms with van der Waals surface area (Å²) < 4.78 is 0. The molecule has 12 heavy (non-hydrogen) atoms. The summed E-state index contributed by atoms with van der Waals surface area (Å²) in [6, 6.07) is 0. The van der Waals surface area contributed by atoms with E-state index < -0.39 is 5.54 Å². The molecule has 0 aliphatic rings. The lowest BCUT2D eigenvalue weighted by molar-refractivity contribution is -0.125. The molecule has 4 N–H and O–H groups in total. The zero-order valence-corrected chi connectivity index (χ0v) is 7.92. The SMILES string of the molecule is CC(CO)CNC(=O)C(C)(C)N. The predicted octanol–water partition coefficient (Wildman–Crippen LogP) is -0.532. The summed E-state index contributed by atoms with van der Waals surface area (Å²) in [7, 11) is 0. The molecule has 0 aromatic carbocycles. The molecule has 1 unspecified atom stereocenters. The lowest BCUT2D eigenvalue weighted by Gasteiger charge is -2.19. The van der Waals surface area contributed by atoms with Crippen LogP contribution >= 0.6 is 0 Å². The first-order valence-electron chi connectivity index (χ1n) is 4.06. The maximum atomic E-state index is 11.2. The Morgan fingerprint density at radius 2 is 2.17 bits per heavy atom. The second kappa shape index (κ2) is 4.42. The first-order valence-corrected chi connectivity index (χ1v) is 4.06. The van der Waals surface area contributed by atoms with Crippen LogP contribution in [0.5, 0.6) is 0 Å². The van der Waals surface area contributed by atoms with Crippen LogP contribution in [0.15, 0.2) is 0 Å². The van der Waals surface area contributed by atoms with Gasteiger partial charge in [-0.05, 0) is 19.8 Å². The molecule has 0 aromatic heterocycles. The fraction of sp³-hybridized carbons (Fsp3) is 0.875. The van der Waals surface area contributed by atoms with E-state index in [-0.39, 0.29) is 18.4 Å². The van der Waals surface area contributed by atoms with Crippen molar-refractivity contribution in [2.24, 2.45) is 11.7 Å². The molecule has 4 heteroatoms. The van der Waals surface area contributed by atoms with Gasteiger partial charge in [0.05, 0.1) is 5.54 Å². The fourth-order valence-electron chi connectivity index (χ4n) is 0.559. The first kappa shape index (κ1) is 11.4. The molecule has 0 saturated carbocycles. The van der Waals surface area contributed by atoms with Crippen molar-refractivity contribution < 1.29 is 9.90 Å². The molecule has 1 atom stereocenters. The van der Waals surface area contributed by atoms with Gasteiger partial charge in [-0.15, -0.1) is 0 Å². The molecule has 1 amide bonds.